The molecule has 0 bridgehead atoms. The van der Waals surface area contributed by atoms with Crippen LogP contribution in [-0.4, -0.2) is 68.3 Å². The van der Waals surface area contributed by atoms with Gasteiger partial charge in [-0.3, -0.25) is 0 Å². The van der Waals surface area contributed by atoms with E-state index >= 15 is 0 Å². The monoisotopic (exact) mass is 551 g/mol. The summed E-state index contributed by atoms with van der Waals surface area (Å²) in [5, 5.41) is 14.3. The zero-order chi connectivity index (χ0) is 28.1. The number of unbranched alkanes of at least 4 members (excludes halogenated alkanes) is 1. The van der Waals surface area contributed by atoms with Gasteiger partial charge in [-0.25, -0.2) is 4.79 Å². The molecule has 3 N–H and O–H groups in total. The van der Waals surface area contributed by atoms with Crippen molar-refractivity contribution >= 4 is 6.03 Å². The van der Waals surface area contributed by atoms with Gasteiger partial charge in [0.05, 0.1) is 12.5 Å². The summed E-state index contributed by atoms with van der Waals surface area (Å²) in [6.07, 6.45) is -1.35. The van der Waals surface area contributed by atoms with Gasteiger partial charge in [0, 0.05) is 26.2 Å². The highest BCUT2D eigenvalue weighted by atomic mass is 19.4. The molecule has 3 rings (SSSR count). The van der Waals surface area contributed by atoms with Crippen molar-refractivity contribution in [2.24, 2.45) is 5.92 Å². The number of halogens is 3. The average Bonchev–Trinajstić information content (AvgIpc) is 2.91. The number of ether oxygens (including phenoxy) is 2. The van der Waals surface area contributed by atoms with Crippen molar-refractivity contribution in [3.05, 3.63) is 60.2 Å². The Bertz CT molecular complexity index is 993. The summed E-state index contributed by atoms with van der Waals surface area (Å²) in [6, 6.07) is 15.9. The first-order valence-corrected chi connectivity index (χ1v) is 13.6. The van der Waals surface area contributed by atoms with E-state index in [0.29, 0.717) is 19.7 Å². The number of urea groups is 1. The van der Waals surface area contributed by atoms with E-state index < -0.39 is 24.7 Å². The van der Waals surface area contributed by atoms with E-state index in [-0.39, 0.29) is 25.2 Å². The second-order valence-electron chi connectivity index (χ2n) is 9.96. The first-order chi connectivity index (χ1) is 18.8. The Hall–Kier alpha value is -2.82. The maximum Gasteiger partial charge on any atom is 0.391 e. The molecule has 0 saturated carbocycles. The molecule has 1 heterocycles. The number of para-hydroxylation sites is 2. The number of rotatable bonds is 14. The van der Waals surface area contributed by atoms with Gasteiger partial charge in [0.25, 0.3) is 0 Å². The molecule has 2 amide bonds. The maximum absolute atomic E-state index is 13.1. The maximum atomic E-state index is 13.1. The Morgan fingerprint density at radius 1 is 1.13 bits per heavy atom. The number of hydrogen-bond donors (Lipinski definition) is 3. The van der Waals surface area contributed by atoms with Crippen molar-refractivity contribution in [3.63, 3.8) is 0 Å². The molecule has 0 radical (unpaired) electrons. The van der Waals surface area contributed by atoms with E-state index in [2.05, 4.69) is 16.7 Å². The summed E-state index contributed by atoms with van der Waals surface area (Å²) >= 11 is 0. The van der Waals surface area contributed by atoms with Gasteiger partial charge in [0.1, 0.15) is 18.3 Å². The summed E-state index contributed by atoms with van der Waals surface area (Å²) in [4.78, 5) is 14.7. The van der Waals surface area contributed by atoms with Gasteiger partial charge in [0.15, 0.2) is 0 Å². The normalized spacial score (nSPS) is 17.5. The van der Waals surface area contributed by atoms with E-state index in [1.807, 2.05) is 48.5 Å². The predicted octanol–water partition coefficient (Wildman–Crippen LogP) is 5.66. The fourth-order valence-corrected chi connectivity index (χ4v) is 5.26. The van der Waals surface area contributed by atoms with Crippen molar-refractivity contribution in [1.82, 2.24) is 15.5 Å². The largest absolute Gasteiger partial charge is 0.457 e. The van der Waals surface area contributed by atoms with Crippen LogP contribution in [0.15, 0.2) is 54.6 Å². The smallest absolute Gasteiger partial charge is 0.391 e. The molecule has 1 saturated heterocycles. The highest BCUT2D eigenvalue weighted by Gasteiger charge is 2.35. The number of carbonyl (C=O) groups excluding carboxylic acids is 1. The second kappa shape index (κ2) is 15.7. The van der Waals surface area contributed by atoms with Crippen LogP contribution in [0.25, 0.3) is 0 Å². The Labute approximate surface area is 228 Å². The van der Waals surface area contributed by atoms with Crippen LogP contribution in [0.1, 0.15) is 50.0 Å². The minimum absolute atomic E-state index is 0.0330. The number of nitrogens with zero attached hydrogens (tertiary/aromatic N) is 1. The number of likely N-dealkylation sites (tertiary alicyclic amines) is 1. The molecular formula is C29H40F3N3O4. The zero-order valence-corrected chi connectivity index (χ0v) is 22.5. The highest BCUT2D eigenvalue weighted by molar-refractivity contribution is 5.74. The molecule has 2 aromatic rings. The Balaban J connectivity index is 1.77. The fourth-order valence-electron chi connectivity index (χ4n) is 5.26. The summed E-state index contributed by atoms with van der Waals surface area (Å²) in [6.45, 7) is 1.12. The van der Waals surface area contributed by atoms with E-state index in [4.69, 9.17) is 14.6 Å². The lowest BCUT2D eigenvalue weighted by molar-refractivity contribution is -0.139. The average molecular weight is 552 g/mol. The van der Waals surface area contributed by atoms with Gasteiger partial charge in [-0.05, 0) is 68.3 Å². The van der Waals surface area contributed by atoms with E-state index in [9.17, 15) is 18.0 Å². The summed E-state index contributed by atoms with van der Waals surface area (Å²) in [5.41, 5.74) is 1.04. The van der Waals surface area contributed by atoms with Gasteiger partial charge in [-0.2, -0.15) is 13.2 Å². The van der Waals surface area contributed by atoms with Crippen LogP contribution >= 0.6 is 0 Å². The molecule has 216 valence electrons. The van der Waals surface area contributed by atoms with Crippen LogP contribution < -0.4 is 15.4 Å². The Morgan fingerprint density at radius 2 is 1.87 bits per heavy atom. The molecular weight excluding hydrogens is 511 g/mol. The van der Waals surface area contributed by atoms with Gasteiger partial charge < -0.3 is 30.1 Å². The third kappa shape index (κ3) is 10.3. The number of nitrogens with one attached hydrogen (secondary N) is 2. The third-order valence-corrected chi connectivity index (χ3v) is 7.00. The van der Waals surface area contributed by atoms with Crippen molar-refractivity contribution in [3.8, 4) is 11.5 Å². The van der Waals surface area contributed by atoms with Crippen LogP contribution in [0.3, 0.4) is 0 Å². The number of benzene rings is 2. The number of aliphatic hydroxyl groups is 1. The standard InChI is InChI=1S/C29H40F3N3O4/c1-33-19-23(18-29(30,31)32)34-28(37)35-16-9-10-22(20-35)25(13-7-8-17-38-21-36)26-14-5-6-15-27(26)39-24-11-3-2-4-12-24/h2-6,11-12,14-15,22-23,25,33,36H,7-10,13,16-21H2,1H3,(H,34,37)/t22-,23-,25-/m0/s1. The molecule has 1 fully saturated rings. The van der Waals surface area contributed by atoms with Gasteiger partial charge >= 0.3 is 12.2 Å². The van der Waals surface area contributed by atoms with Crippen LogP contribution in [0, 0.1) is 5.92 Å². The zero-order valence-electron chi connectivity index (χ0n) is 22.5. The minimum Gasteiger partial charge on any atom is -0.457 e. The number of amides is 2. The van der Waals surface area contributed by atoms with Crippen molar-refractivity contribution < 1.29 is 32.5 Å². The topological polar surface area (TPSA) is 83.1 Å². The van der Waals surface area contributed by atoms with Crippen LogP contribution in [0.4, 0.5) is 18.0 Å². The molecule has 7 nitrogen and oxygen atoms in total. The first-order valence-electron chi connectivity index (χ1n) is 13.6. The number of aliphatic hydroxyl groups excluding tert-OH is 1. The van der Waals surface area contributed by atoms with Crippen molar-refractivity contribution in [2.45, 2.75) is 56.7 Å². The molecule has 0 aromatic heterocycles. The molecule has 10 heteroatoms. The fraction of sp³-hybridized carbons (Fsp3) is 0.552. The minimum atomic E-state index is -4.37. The van der Waals surface area contributed by atoms with Crippen molar-refractivity contribution in [1.29, 1.82) is 0 Å². The molecule has 0 spiro atoms. The molecule has 39 heavy (non-hydrogen) atoms. The molecule has 0 aliphatic carbocycles. The van der Waals surface area contributed by atoms with Crippen LogP contribution in [0.2, 0.25) is 0 Å². The van der Waals surface area contributed by atoms with Crippen molar-refractivity contribution in [2.75, 3.05) is 40.1 Å². The number of hydrogen-bond acceptors (Lipinski definition) is 5. The Morgan fingerprint density at radius 3 is 2.59 bits per heavy atom. The van der Waals surface area contributed by atoms with Gasteiger partial charge in [-0.15, -0.1) is 0 Å². The summed E-state index contributed by atoms with van der Waals surface area (Å²) < 4.78 is 50.5. The van der Waals surface area contributed by atoms with Crippen LogP contribution in [0.5, 0.6) is 11.5 Å². The lowest BCUT2D eigenvalue weighted by Gasteiger charge is -2.38. The number of alkyl halides is 3. The molecule has 2 aromatic carbocycles. The van der Waals surface area contributed by atoms with Gasteiger partial charge in [0.2, 0.25) is 0 Å². The predicted molar refractivity (Wildman–Crippen MR) is 144 cm³/mol. The van der Waals surface area contributed by atoms with E-state index in [1.54, 1.807) is 11.9 Å². The SMILES string of the molecule is CNC[C@H](CC(F)(F)F)NC(=O)N1CCC[C@H]([C@H](CCCCOCO)c2ccccc2Oc2ccccc2)C1. The second-order valence-corrected chi connectivity index (χ2v) is 9.96. The third-order valence-electron chi connectivity index (χ3n) is 7.00. The molecule has 1 aliphatic rings. The summed E-state index contributed by atoms with van der Waals surface area (Å²) in [7, 11) is 1.57. The van der Waals surface area contributed by atoms with E-state index in [1.165, 1.54) is 0 Å². The lowest BCUT2D eigenvalue weighted by Crippen LogP contribution is -2.52. The number of carbonyl (C=O) groups is 1. The number of likely N-dealkylation sites (N-methyl/N-ethyl adjacent to an activating group) is 1. The molecule has 3 atom stereocenters. The quantitative estimate of drug-likeness (QED) is 0.209. The summed E-state index contributed by atoms with van der Waals surface area (Å²) in [5.74, 6) is 1.65. The number of piperidine rings is 1. The first kappa shape index (κ1) is 30.7. The van der Waals surface area contributed by atoms with Crippen LogP contribution in [-0.2, 0) is 4.74 Å². The molecule has 0 unspecified atom stereocenters. The molecule has 1 aliphatic heterocycles. The van der Waals surface area contributed by atoms with Gasteiger partial charge in [-0.1, -0.05) is 42.8 Å². The Kier molecular flexibility index (Phi) is 12.4. The van der Waals surface area contributed by atoms with E-state index in [0.717, 1.165) is 49.2 Å². The lowest BCUT2D eigenvalue weighted by atomic mass is 9.78. The highest BCUT2D eigenvalue weighted by Crippen LogP contribution is 2.41.